The molecule has 0 N–H and O–H groups in total. The first kappa shape index (κ1) is 12.6. The Bertz CT molecular complexity index is 596. The molecule has 2 nitrogen and oxygen atoms in total. The van der Waals surface area contributed by atoms with Crippen LogP contribution in [-0.2, 0) is 0 Å². The average Bonchev–Trinajstić information content (AvgIpc) is 2.38. The molecule has 2 rings (SSSR count). The van der Waals surface area contributed by atoms with Gasteiger partial charge in [0.15, 0.2) is 5.78 Å². The summed E-state index contributed by atoms with van der Waals surface area (Å²) in [6.07, 6.45) is 0. The van der Waals surface area contributed by atoms with E-state index in [4.69, 9.17) is 16.3 Å². The first-order valence-electron chi connectivity index (χ1n) is 5.25. The molecular weight excluding hydrogens is 255 g/mol. The Kier molecular flexibility index (Phi) is 3.63. The quantitative estimate of drug-likeness (QED) is 0.790. The number of ether oxygens (including phenoxy) is 1. The zero-order valence-electron chi connectivity index (χ0n) is 9.61. The molecular formula is C14H10ClFO2. The average molecular weight is 265 g/mol. The molecule has 0 aromatic heterocycles. The van der Waals surface area contributed by atoms with Crippen LogP contribution in [0.5, 0.6) is 5.75 Å². The molecule has 2 aromatic rings. The fourth-order valence-electron chi connectivity index (χ4n) is 1.59. The maximum Gasteiger partial charge on any atom is 0.194 e. The summed E-state index contributed by atoms with van der Waals surface area (Å²) in [5.74, 6) is -0.153. The van der Waals surface area contributed by atoms with E-state index in [0.717, 1.165) is 6.07 Å². The summed E-state index contributed by atoms with van der Waals surface area (Å²) in [5.41, 5.74) is 0.717. The van der Waals surface area contributed by atoms with Crippen LogP contribution >= 0.6 is 11.6 Å². The number of benzene rings is 2. The van der Waals surface area contributed by atoms with Crippen LogP contribution in [0.25, 0.3) is 0 Å². The summed E-state index contributed by atoms with van der Waals surface area (Å²) in [6, 6.07) is 10.4. The third-order valence-corrected chi connectivity index (χ3v) is 2.82. The number of halogens is 2. The number of ketones is 1. The van der Waals surface area contributed by atoms with Crippen molar-refractivity contribution in [2.24, 2.45) is 0 Å². The minimum atomic E-state index is -0.470. The number of carbonyl (C=O) groups is 1. The molecule has 0 saturated carbocycles. The minimum absolute atomic E-state index is 0.0998. The largest absolute Gasteiger partial charge is 0.497 e. The molecule has 0 saturated heterocycles. The van der Waals surface area contributed by atoms with Crippen molar-refractivity contribution in [2.75, 3.05) is 7.11 Å². The van der Waals surface area contributed by atoms with Gasteiger partial charge in [-0.15, -0.1) is 0 Å². The molecule has 0 amide bonds. The Hall–Kier alpha value is -1.87. The number of rotatable bonds is 3. The fraction of sp³-hybridized carbons (Fsp3) is 0.0714. The SMILES string of the molecule is COc1cccc(C(=O)c2ccc(F)cc2Cl)c1. The van der Waals surface area contributed by atoms with Crippen molar-refractivity contribution in [1.29, 1.82) is 0 Å². The molecule has 4 heteroatoms. The number of carbonyl (C=O) groups excluding carboxylic acids is 1. The topological polar surface area (TPSA) is 26.3 Å². The maximum atomic E-state index is 12.9. The molecule has 0 unspecified atom stereocenters. The van der Waals surface area contributed by atoms with Gasteiger partial charge >= 0.3 is 0 Å². The summed E-state index contributed by atoms with van der Waals surface area (Å²) in [7, 11) is 1.52. The van der Waals surface area contributed by atoms with Gasteiger partial charge in [-0.05, 0) is 30.3 Å². The van der Waals surface area contributed by atoms with Gasteiger partial charge in [0.25, 0.3) is 0 Å². The summed E-state index contributed by atoms with van der Waals surface area (Å²) < 4.78 is 18.0. The van der Waals surface area contributed by atoms with Gasteiger partial charge in [0.2, 0.25) is 0 Å². The third kappa shape index (κ3) is 2.51. The van der Waals surface area contributed by atoms with Crippen molar-refractivity contribution in [3.05, 3.63) is 64.4 Å². The lowest BCUT2D eigenvalue weighted by molar-refractivity contribution is 0.103. The highest BCUT2D eigenvalue weighted by Crippen LogP contribution is 2.22. The first-order chi connectivity index (χ1) is 8.61. The Morgan fingerprint density at radius 1 is 1.22 bits per heavy atom. The van der Waals surface area contributed by atoms with Gasteiger partial charge < -0.3 is 4.74 Å². The van der Waals surface area contributed by atoms with Crippen molar-refractivity contribution in [3.63, 3.8) is 0 Å². The van der Waals surface area contributed by atoms with Crippen molar-refractivity contribution in [2.45, 2.75) is 0 Å². The summed E-state index contributed by atoms with van der Waals surface area (Å²) in [4.78, 5) is 12.2. The van der Waals surface area contributed by atoms with E-state index in [1.807, 2.05) is 0 Å². The van der Waals surface area contributed by atoms with Gasteiger partial charge in [-0.1, -0.05) is 23.7 Å². The van der Waals surface area contributed by atoms with E-state index in [9.17, 15) is 9.18 Å². The molecule has 0 aliphatic carbocycles. The number of hydrogen-bond acceptors (Lipinski definition) is 2. The lowest BCUT2D eigenvalue weighted by Crippen LogP contribution is -2.02. The second-order valence-corrected chi connectivity index (χ2v) is 4.09. The molecule has 0 spiro atoms. The molecule has 2 aromatic carbocycles. The van der Waals surface area contributed by atoms with Crippen LogP contribution in [0.2, 0.25) is 5.02 Å². The van der Waals surface area contributed by atoms with Crippen LogP contribution in [0.15, 0.2) is 42.5 Å². The van der Waals surface area contributed by atoms with E-state index in [0.29, 0.717) is 11.3 Å². The van der Waals surface area contributed by atoms with Crippen molar-refractivity contribution < 1.29 is 13.9 Å². The Labute approximate surface area is 109 Å². The highest BCUT2D eigenvalue weighted by Gasteiger charge is 2.13. The molecule has 0 fully saturated rings. The predicted octanol–water partition coefficient (Wildman–Crippen LogP) is 3.72. The Morgan fingerprint density at radius 3 is 2.67 bits per heavy atom. The van der Waals surface area contributed by atoms with Crippen molar-refractivity contribution in [3.8, 4) is 5.75 Å². The summed E-state index contributed by atoms with van der Waals surface area (Å²) in [5, 5.41) is 0.0998. The first-order valence-corrected chi connectivity index (χ1v) is 5.63. The third-order valence-electron chi connectivity index (χ3n) is 2.51. The molecule has 18 heavy (non-hydrogen) atoms. The normalized spacial score (nSPS) is 10.2. The van der Waals surface area contributed by atoms with Crippen LogP contribution in [-0.4, -0.2) is 12.9 Å². The minimum Gasteiger partial charge on any atom is -0.497 e. The molecule has 0 bridgehead atoms. The van der Waals surface area contributed by atoms with E-state index >= 15 is 0 Å². The predicted molar refractivity (Wildman–Crippen MR) is 67.8 cm³/mol. The summed E-state index contributed by atoms with van der Waals surface area (Å²) >= 11 is 5.86. The maximum absolute atomic E-state index is 12.9. The molecule has 0 aliphatic rings. The molecule has 0 atom stereocenters. The highest BCUT2D eigenvalue weighted by atomic mass is 35.5. The Balaban J connectivity index is 2.41. The van der Waals surface area contributed by atoms with E-state index in [-0.39, 0.29) is 16.4 Å². The lowest BCUT2D eigenvalue weighted by atomic mass is 10.0. The monoisotopic (exact) mass is 264 g/mol. The van der Waals surface area contributed by atoms with Crippen LogP contribution in [0, 0.1) is 5.82 Å². The standard InChI is InChI=1S/C14H10ClFO2/c1-18-11-4-2-3-9(7-11)14(17)12-6-5-10(16)8-13(12)15/h2-8H,1H3. The van der Waals surface area contributed by atoms with Crippen LogP contribution in [0.1, 0.15) is 15.9 Å². The summed E-state index contributed by atoms with van der Waals surface area (Å²) in [6.45, 7) is 0. The molecule has 0 radical (unpaired) electrons. The van der Waals surface area contributed by atoms with Crippen LogP contribution < -0.4 is 4.74 Å². The molecule has 92 valence electrons. The number of hydrogen-bond donors (Lipinski definition) is 0. The van der Waals surface area contributed by atoms with E-state index in [2.05, 4.69) is 0 Å². The van der Waals surface area contributed by atoms with E-state index < -0.39 is 5.82 Å². The Morgan fingerprint density at radius 2 is 2.00 bits per heavy atom. The van der Waals surface area contributed by atoms with E-state index in [1.165, 1.54) is 19.2 Å². The van der Waals surface area contributed by atoms with Gasteiger partial charge in [-0.3, -0.25) is 4.79 Å². The number of methoxy groups -OCH3 is 1. The van der Waals surface area contributed by atoms with E-state index in [1.54, 1.807) is 24.3 Å². The van der Waals surface area contributed by atoms with Crippen molar-refractivity contribution in [1.82, 2.24) is 0 Å². The fourth-order valence-corrected chi connectivity index (χ4v) is 1.85. The molecule has 0 aliphatic heterocycles. The van der Waals surface area contributed by atoms with Gasteiger partial charge in [0, 0.05) is 11.1 Å². The van der Waals surface area contributed by atoms with Crippen LogP contribution in [0.4, 0.5) is 4.39 Å². The van der Waals surface area contributed by atoms with Crippen molar-refractivity contribution >= 4 is 17.4 Å². The van der Waals surface area contributed by atoms with Gasteiger partial charge in [-0.2, -0.15) is 0 Å². The second kappa shape index (κ2) is 5.19. The van der Waals surface area contributed by atoms with Gasteiger partial charge in [-0.25, -0.2) is 4.39 Å². The van der Waals surface area contributed by atoms with Gasteiger partial charge in [0.1, 0.15) is 11.6 Å². The van der Waals surface area contributed by atoms with Gasteiger partial charge in [0.05, 0.1) is 12.1 Å². The second-order valence-electron chi connectivity index (χ2n) is 3.69. The lowest BCUT2D eigenvalue weighted by Gasteiger charge is -2.05. The zero-order valence-corrected chi connectivity index (χ0v) is 10.4. The highest BCUT2D eigenvalue weighted by molar-refractivity contribution is 6.35. The zero-order chi connectivity index (χ0) is 13.1. The van der Waals surface area contributed by atoms with Crippen LogP contribution in [0.3, 0.4) is 0 Å². The molecule has 0 heterocycles. The smallest absolute Gasteiger partial charge is 0.194 e.